The number of hydrogen-bond acceptors (Lipinski definition) is 1. The zero-order valence-electron chi connectivity index (χ0n) is 10.3. The van der Waals surface area contributed by atoms with Crippen molar-refractivity contribution in [1.29, 1.82) is 0 Å². The largest absolute Gasteiger partial charge is 0.345 e. The van der Waals surface area contributed by atoms with E-state index < -0.39 is 0 Å². The zero-order chi connectivity index (χ0) is 11.8. The van der Waals surface area contributed by atoms with Crippen molar-refractivity contribution in [3.05, 3.63) is 35.4 Å². The molecule has 0 aromatic heterocycles. The van der Waals surface area contributed by atoms with Gasteiger partial charge >= 0.3 is 0 Å². The maximum Gasteiger partial charge on any atom is 0.252 e. The van der Waals surface area contributed by atoms with Gasteiger partial charge in [-0.05, 0) is 18.6 Å². The Hall–Kier alpha value is -1.31. The molecule has 0 spiro atoms. The van der Waals surface area contributed by atoms with E-state index in [1.54, 1.807) is 0 Å². The lowest BCUT2D eigenvalue weighted by Crippen LogP contribution is -2.16. The Morgan fingerprint density at radius 1 is 1.07 bits per heavy atom. The second-order valence-electron chi connectivity index (χ2n) is 2.78. The number of amides is 1. The van der Waals surface area contributed by atoms with Crippen molar-refractivity contribution in [3.8, 4) is 0 Å². The predicted molar refractivity (Wildman–Crippen MR) is 65.0 cm³/mol. The number of hydrogen-bond donors (Lipinski definition) is 1. The highest BCUT2D eigenvalue weighted by molar-refractivity contribution is 5.98. The summed E-state index contributed by atoms with van der Waals surface area (Å²) in [5, 5.41) is 2.84. The first-order valence-electron chi connectivity index (χ1n) is 5.69. The van der Waals surface area contributed by atoms with Crippen molar-refractivity contribution in [2.75, 3.05) is 0 Å². The molecule has 1 aromatic carbocycles. The van der Waals surface area contributed by atoms with E-state index in [1.807, 2.05) is 58.9 Å². The Kier molecular flexibility index (Phi) is 6.43. The minimum Gasteiger partial charge on any atom is -0.345 e. The van der Waals surface area contributed by atoms with Gasteiger partial charge in [0, 0.05) is 5.56 Å². The molecule has 0 aliphatic carbocycles. The number of benzene rings is 1. The lowest BCUT2D eigenvalue weighted by molar-refractivity contribution is 0.0958. The first-order valence-corrected chi connectivity index (χ1v) is 5.69. The van der Waals surface area contributed by atoms with Crippen LogP contribution >= 0.6 is 0 Å². The molecule has 2 rings (SSSR count). The van der Waals surface area contributed by atoms with Crippen LogP contribution in [0.2, 0.25) is 0 Å². The average molecular weight is 207 g/mol. The van der Waals surface area contributed by atoms with Crippen molar-refractivity contribution in [2.45, 2.75) is 40.7 Å². The van der Waals surface area contributed by atoms with Crippen LogP contribution in [0.3, 0.4) is 0 Å². The molecule has 1 amide bonds. The summed E-state index contributed by atoms with van der Waals surface area (Å²) in [6.45, 7) is 9.99. The molecule has 1 atom stereocenters. The van der Waals surface area contributed by atoms with Gasteiger partial charge in [0.25, 0.3) is 5.91 Å². The summed E-state index contributed by atoms with van der Waals surface area (Å²) in [5.74, 6) is 0.0492. The SMILES string of the molecule is CC.CC.C[C@H]1NC(=O)c2ccccc21. The third-order valence-corrected chi connectivity index (χ3v) is 2.02. The van der Waals surface area contributed by atoms with E-state index >= 15 is 0 Å². The molecule has 15 heavy (non-hydrogen) atoms. The highest BCUT2D eigenvalue weighted by Crippen LogP contribution is 2.23. The summed E-state index contributed by atoms with van der Waals surface area (Å²) in [5.41, 5.74) is 1.93. The maximum absolute atomic E-state index is 11.2. The summed E-state index contributed by atoms with van der Waals surface area (Å²) in [7, 11) is 0. The quantitative estimate of drug-likeness (QED) is 0.692. The third kappa shape index (κ3) is 3.08. The fourth-order valence-corrected chi connectivity index (χ4v) is 1.43. The molecule has 1 aliphatic heterocycles. The highest BCUT2D eigenvalue weighted by atomic mass is 16.2. The smallest absolute Gasteiger partial charge is 0.252 e. The van der Waals surface area contributed by atoms with E-state index in [2.05, 4.69) is 5.32 Å². The third-order valence-electron chi connectivity index (χ3n) is 2.02. The molecule has 0 fully saturated rings. The lowest BCUT2D eigenvalue weighted by Gasteiger charge is -2.00. The number of rotatable bonds is 0. The second-order valence-corrected chi connectivity index (χ2v) is 2.78. The first-order chi connectivity index (χ1) is 7.29. The van der Waals surface area contributed by atoms with Gasteiger partial charge in [-0.3, -0.25) is 4.79 Å². The van der Waals surface area contributed by atoms with Crippen LogP contribution in [0.25, 0.3) is 0 Å². The molecular weight excluding hydrogens is 186 g/mol. The van der Waals surface area contributed by atoms with Crippen LogP contribution in [-0.2, 0) is 0 Å². The van der Waals surface area contributed by atoms with Crippen LogP contribution in [0.5, 0.6) is 0 Å². The van der Waals surface area contributed by atoms with E-state index in [9.17, 15) is 4.79 Å². The first kappa shape index (κ1) is 13.7. The Morgan fingerprint density at radius 2 is 1.60 bits per heavy atom. The van der Waals surface area contributed by atoms with Crippen LogP contribution in [0.4, 0.5) is 0 Å². The van der Waals surface area contributed by atoms with Crippen molar-refractivity contribution in [1.82, 2.24) is 5.32 Å². The van der Waals surface area contributed by atoms with Gasteiger partial charge in [-0.1, -0.05) is 45.9 Å². The predicted octanol–water partition coefficient (Wildman–Crippen LogP) is 3.54. The van der Waals surface area contributed by atoms with Gasteiger partial charge in [0.1, 0.15) is 0 Å². The average Bonchev–Trinajstić information content (AvgIpc) is 2.61. The topological polar surface area (TPSA) is 29.1 Å². The molecule has 1 N–H and O–H groups in total. The number of carbonyl (C=O) groups is 1. The van der Waals surface area contributed by atoms with Gasteiger partial charge in [0.15, 0.2) is 0 Å². The monoisotopic (exact) mass is 207 g/mol. The molecular formula is C13H21NO. The number of fused-ring (bicyclic) bond motifs is 1. The van der Waals surface area contributed by atoms with E-state index in [4.69, 9.17) is 0 Å². The molecule has 1 aromatic rings. The van der Waals surface area contributed by atoms with Gasteiger partial charge < -0.3 is 5.32 Å². The maximum atomic E-state index is 11.2. The fourth-order valence-electron chi connectivity index (χ4n) is 1.43. The van der Waals surface area contributed by atoms with Crippen molar-refractivity contribution < 1.29 is 4.79 Å². The van der Waals surface area contributed by atoms with Crippen LogP contribution in [0.15, 0.2) is 24.3 Å². The minimum atomic E-state index is 0.0492. The fraction of sp³-hybridized carbons (Fsp3) is 0.462. The molecule has 0 saturated carbocycles. The second kappa shape index (κ2) is 7.04. The molecule has 1 heterocycles. The van der Waals surface area contributed by atoms with Crippen LogP contribution in [-0.4, -0.2) is 5.91 Å². The molecule has 0 saturated heterocycles. The molecule has 2 nitrogen and oxygen atoms in total. The highest BCUT2D eigenvalue weighted by Gasteiger charge is 2.23. The van der Waals surface area contributed by atoms with Crippen molar-refractivity contribution in [3.63, 3.8) is 0 Å². The molecule has 2 heteroatoms. The van der Waals surface area contributed by atoms with E-state index in [-0.39, 0.29) is 11.9 Å². The Balaban J connectivity index is 0.000000442. The molecule has 0 bridgehead atoms. The summed E-state index contributed by atoms with van der Waals surface area (Å²) in [4.78, 5) is 11.2. The summed E-state index contributed by atoms with van der Waals surface area (Å²) in [6.07, 6.45) is 0. The van der Waals surface area contributed by atoms with Gasteiger partial charge in [0.2, 0.25) is 0 Å². The van der Waals surface area contributed by atoms with Gasteiger partial charge in [-0.25, -0.2) is 0 Å². The van der Waals surface area contributed by atoms with Gasteiger partial charge in [-0.2, -0.15) is 0 Å². The van der Waals surface area contributed by atoms with Gasteiger partial charge in [0.05, 0.1) is 6.04 Å². The van der Waals surface area contributed by atoms with E-state index in [0.29, 0.717) is 0 Å². The molecule has 0 unspecified atom stereocenters. The minimum absolute atomic E-state index is 0.0492. The summed E-state index contributed by atoms with van der Waals surface area (Å²) < 4.78 is 0. The number of carbonyl (C=O) groups excluding carboxylic acids is 1. The summed E-state index contributed by atoms with van der Waals surface area (Å²) >= 11 is 0. The van der Waals surface area contributed by atoms with Crippen LogP contribution < -0.4 is 5.32 Å². The van der Waals surface area contributed by atoms with Crippen LogP contribution in [0.1, 0.15) is 56.6 Å². The van der Waals surface area contributed by atoms with Crippen molar-refractivity contribution >= 4 is 5.91 Å². The number of nitrogens with one attached hydrogen (secondary N) is 1. The van der Waals surface area contributed by atoms with E-state index in [0.717, 1.165) is 11.1 Å². The Morgan fingerprint density at radius 3 is 2.13 bits per heavy atom. The zero-order valence-corrected chi connectivity index (χ0v) is 10.3. The standard InChI is InChI=1S/C9H9NO.2C2H6/c1-6-7-4-2-3-5-8(7)9(11)10-6;2*1-2/h2-6H,1H3,(H,10,11);2*1-2H3/t6-;;/m1../s1. The molecule has 0 radical (unpaired) electrons. The molecule has 84 valence electrons. The van der Waals surface area contributed by atoms with E-state index in [1.165, 1.54) is 0 Å². The van der Waals surface area contributed by atoms with Crippen molar-refractivity contribution in [2.24, 2.45) is 0 Å². The Labute approximate surface area is 92.7 Å². The normalized spacial score (nSPS) is 16.3. The van der Waals surface area contributed by atoms with Gasteiger partial charge in [-0.15, -0.1) is 0 Å². The summed E-state index contributed by atoms with van der Waals surface area (Å²) in [6, 6.07) is 7.86. The van der Waals surface area contributed by atoms with Crippen LogP contribution in [0, 0.1) is 0 Å². The molecule has 1 aliphatic rings. The lowest BCUT2D eigenvalue weighted by atomic mass is 10.1. The Bertz CT molecular complexity index is 307.